The van der Waals surface area contributed by atoms with Gasteiger partial charge in [0.25, 0.3) is 0 Å². The molecule has 0 heterocycles. The summed E-state index contributed by atoms with van der Waals surface area (Å²) in [6.45, 7) is 1.55. The van der Waals surface area contributed by atoms with Crippen LogP contribution in [-0.4, -0.2) is 67.7 Å². The topological polar surface area (TPSA) is 72.9 Å². The lowest BCUT2D eigenvalue weighted by Crippen LogP contribution is -2.41. The molecule has 2 N–H and O–H groups in total. The van der Waals surface area contributed by atoms with Crippen molar-refractivity contribution in [2.24, 2.45) is 0 Å². The molecule has 0 unspecified atom stereocenters. The summed E-state index contributed by atoms with van der Waals surface area (Å²) in [7, 11) is 5.41. The molecule has 2 amide bonds. The molecule has 0 fully saturated rings. The van der Waals surface area contributed by atoms with Crippen LogP contribution in [0.3, 0.4) is 0 Å². The molecule has 0 spiro atoms. The fourth-order valence-electron chi connectivity index (χ4n) is 0.886. The summed E-state index contributed by atoms with van der Waals surface area (Å²) >= 11 is 0. The second-order valence-electron chi connectivity index (χ2n) is 3.60. The third-order valence-corrected chi connectivity index (χ3v) is 1.84. The minimum Gasteiger partial charge on any atom is -0.481 e. The van der Waals surface area contributed by atoms with Gasteiger partial charge in [-0.15, -0.1) is 0 Å². The van der Waals surface area contributed by atoms with E-state index >= 15 is 0 Å². The molecule has 0 aliphatic heterocycles. The normalized spacial score (nSPS) is 10.1. The molecule has 0 aromatic carbocycles. The van der Waals surface area contributed by atoms with Crippen LogP contribution in [0.1, 0.15) is 6.42 Å². The number of likely N-dealkylation sites (N-methyl/N-ethyl adjacent to an activating group) is 1. The second kappa shape index (κ2) is 7.05. The Morgan fingerprint density at radius 3 is 2.27 bits per heavy atom. The van der Waals surface area contributed by atoms with Gasteiger partial charge in [-0.05, 0) is 14.1 Å². The maximum absolute atomic E-state index is 11.3. The van der Waals surface area contributed by atoms with Gasteiger partial charge in [-0.1, -0.05) is 0 Å². The van der Waals surface area contributed by atoms with Gasteiger partial charge >= 0.3 is 12.0 Å². The summed E-state index contributed by atoms with van der Waals surface area (Å²) < 4.78 is 0. The fraction of sp³-hybridized carbons (Fsp3) is 0.778. The van der Waals surface area contributed by atoms with Crippen LogP contribution in [0.2, 0.25) is 0 Å². The number of nitrogens with zero attached hydrogens (tertiary/aromatic N) is 2. The van der Waals surface area contributed by atoms with Gasteiger partial charge in [0.05, 0.1) is 6.42 Å². The van der Waals surface area contributed by atoms with Crippen LogP contribution in [0.5, 0.6) is 0 Å². The number of nitrogens with one attached hydrogen (secondary N) is 1. The molecule has 0 aliphatic rings. The van der Waals surface area contributed by atoms with E-state index in [-0.39, 0.29) is 19.0 Å². The number of hydrogen-bond acceptors (Lipinski definition) is 3. The number of aliphatic carboxylic acids is 1. The van der Waals surface area contributed by atoms with E-state index in [1.807, 2.05) is 19.0 Å². The quantitative estimate of drug-likeness (QED) is 0.638. The summed E-state index contributed by atoms with van der Waals surface area (Å²) in [4.78, 5) is 24.9. The van der Waals surface area contributed by atoms with Crippen molar-refractivity contribution in [3.63, 3.8) is 0 Å². The van der Waals surface area contributed by atoms with E-state index in [9.17, 15) is 9.59 Å². The Morgan fingerprint density at radius 1 is 1.20 bits per heavy atom. The Kier molecular flexibility index (Phi) is 6.44. The average molecular weight is 217 g/mol. The summed E-state index contributed by atoms with van der Waals surface area (Å²) in [5, 5.41) is 11.1. The van der Waals surface area contributed by atoms with E-state index in [1.54, 1.807) is 7.05 Å². The van der Waals surface area contributed by atoms with E-state index in [0.717, 1.165) is 6.54 Å². The number of urea groups is 1. The predicted octanol–water partition coefficient (Wildman–Crippen LogP) is -0.336. The van der Waals surface area contributed by atoms with Crippen LogP contribution in [0, 0.1) is 0 Å². The van der Waals surface area contributed by atoms with Gasteiger partial charge in [0.2, 0.25) is 0 Å². The molecule has 0 saturated heterocycles. The standard InChI is InChI=1S/C9H19N3O3/c1-11(2)7-5-10-9(15)12(3)6-4-8(13)14/h4-7H2,1-3H3,(H,10,15)(H,13,14). The lowest BCUT2D eigenvalue weighted by Gasteiger charge is -2.17. The predicted molar refractivity (Wildman–Crippen MR) is 56.8 cm³/mol. The first-order chi connectivity index (χ1) is 6.93. The van der Waals surface area contributed by atoms with Crippen molar-refractivity contribution in [1.82, 2.24) is 15.1 Å². The largest absolute Gasteiger partial charge is 0.481 e. The molecule has 6 nitrogen and oxygen atoms in total. The van der Waals surface area contributed by atoms with Crippen molar-refractivity contribution in [2.75, 3.05) is 40.8 Å². The van der Waals surface area contributed by atoms with Crippen LogP contribution in [-0.2, 0) is 4.79 Å². The number of rotatable bonds is 6. The molecule has 15 heavy (non-hydrogen) atoms. The molecule has 0 bridgehead atoms. The highest BCUT2D eigenvalue weighted by Gasteiger charge is 2.08. The smallest absolute Gasteiger partial charge is 0.317 e. The summed E-state index contributed by atoms with van der Waals surface area (Å²) in [6.07, 6.45) is -0.0302. The number of carboxylic acids is 1. The number of carbonyl (C=O) groups excluding carboxylic acids is 1. The Hall–Kier alpha value is -1.30. The molecule has 0 aromatic heterocycles. The van der Waals surface area contributed by atoms with Gasteiger partial charge in [-0.2, -0.15) is 0 Å². The first-order valence-corrected chi connectivity index (χ1v) is 4.79. The van der Waals surface area contributed by atoms with Crippen molar-refractivity contribution < 1.29 is 14.7 Å². The molecular formula is C9H19N3O3. The molecule has 0 aromatic rings. The zero-order chi connectivity index (χ0) is 11.8. The third-order valence-electron chi connectivity index (χ3n) is 1.84. The number of hydrogen-bond donors (Lipinski definition) is 2. The Balaban J connectivity index is 3.64. The highest BCUT2D eigenvalue weighted by Crippen LogP contribution is 1.88. The van der Waals surface area contributed by atoms with Crippen molar-refractivity contribution in [1.29, 1.82) is 0 Å². The fourth-order valence-corrected chi connectivity index (χ4v) is 0.886. The van der Waals surface area contributed by atoms with E-state index in [4.69, 9.17) is 5.11 Å². The zero-order valence-corrected chi connectivity index (χ0v) is 9.49. The number of carbonyl (C=O) groups is 2. The Bertz CT molecular complexity index is 219. The second-order valence-corrected chi connectivity index (χ2v) is 3.60. The van der Waals surface area contributed by atoms with Gasteiger partial charge < -0.3 is 20.2 Å². The first-order valence-electron chi connectivity index (χ1n) is 4.79. The molecule has 0 rings (SSSR count). The Morgan fingerprint density at radius 2 is 1.80 bits per heavy atom. The molecule has 88 valence electrons. The monoisotopic (exact) mass is 217 g/mol. The highest BCUT2D eigenvalue weighted by atomic mass is 16.4. The lowest BCUT2D eigenvalue weighted by molar-refractivity contribution is -0.137. The molecule has 6 heteroatoms. The minimum atomic E-state index is -0.900. The zero-order valence-electron chi connectivity index (χ0n) is 9.49. The molecule has 0 radical (unpaired) electrons. The molecular weight excluding hydrogens is 198 g/mol. The van der Waals surface area contributed by atoms with Gasteiger partial charge in [0.15, 0.2) is 0 Å². The van der Waals surface area contributed by atoms with Crippen LogP contribution in [0.15, 0.2) is 0 Å². The molecule has 0 saturated carbocycles. The Labute approximate surface area is 89.8 Å². The molecule has 0 atom stereocenters. The van der Waals surface area contributed by atoms with E-state index < -0.39 is 5.97 Å². The van der Waals surface area contributed by atoms with Crippen LogP contribution >= 0.6 is 0 Å². The van der Waals surface area contributed by atoms with Gasteiger partial charge in [0.1, 0.15) is 0 Å². The third kappa shape index (κ3) is 7.75. The van der Waals surface area contributed by atoms with Crippen molar-refractivity contribution in [2.45, 2.75) is 6.42 Å². The maximum Gasteiger partial charge on any atom is 0.317 e. The van der Waals surface area contributed by atoms with Crippen LogP contribution in [0.25, 0.3) is 0 Å². The summed E-state index contributed by atoms with van der Waals surface area (Å²) in [5.41, 5.74) is 0. The van der Waals surface area contributed by atoms with Crippen LogP contribution < -0.4 is 5.32 Å². The SMILES string of the molecule is CN(C)CCNC(=O)N(C)CCC(=O)O. The van der Waals surface area contributed by atoms with E-state index in [1.165, 1.54) is 4.90 Å². The highest BCUT2D eigenvalue weighted by molar-refractivity contribution is 5.74. The van der Waals surface area contributed by atoms with Crippen molar-refractivity contribution in [3.05, 3.63) is 0 Å². The molecule has 0 aliphatic carbocycles. The van der Waals surface area contributed by atoms with E-state index in [0.29, 0.717) is 6.54 Å². The average Bonchev–Trinajstić information content (AvgIpc) is 2.13. The van der Waals surface area contributed by atoms with Crippen LogP contribution in [0.4, 0.5) is 4.79 Å². The first kappa shape index (κ1) is 13.7. The number of carboxylic acid groups (broad SMARTS) is 1. The van der Waals surface area contributed by atoms with Crippen molar-refractivity contribution >= 4 is 12.0 Å². The number of amides is 2. The summed E-state index contributed by atoms with van der Waals surface area (Å²) in [6, 6.07) is -0.238. The minimum absolute atomic E-state index is 0.0302. The van der Waals surface area contributed by atoms with Gasteiger partial charge in [-0.3, -0.25) is 4.79 Å². The van der Waals surface area contributed by atoms with Gasteiger partial charge in [0, 0.05) is 26.7 Å². The lowest BCUT2D eigenvalue weighted by atomic mass is 10.4. The summed E-state index contributed by atoms with van der Waals surface area (Å²) in [5.74, 6) is -0.900. The van der Waals surface area contributed by atoms with Gasteiger partial charge in [-0.25, -0.2) is 4.79 Å². The van der Waals surface area contributed by atoms with Crippen molar-refractivity contribution in [3.8, 4) is 0 Å². The maximum atomic E-state index is 11.3. The van der Waals surface area contributed by atoms with E-state index in [2.05, 4.69) is 5.32 Å².